The van der Waals surface area contributed by atoms with Crippen LogP contribution in [0.3, 0.4) is 0 Å². The van der Waals surface area contributed by atoms with Crippen molar-refractivity contribution in [2.45, 2.75) is 44.5 Å². The van der Waals surface area contributed by atoms with Gasteiger partial charge >= 0.3 is 0 Å². The van der Waals surface area contributed by atoms with Crippen molar-refractivity contribution < 1.29 is 14.3 Å². The van der Waals surface area contributed by atoms with Crippen molar-refractivity contribution in [2.24, 2.45) is 0 Å². The van der Waals surface area contributed by atoms with Gasteiger partial charge in [-0.2, -0.15) is 5.10 Å². The minimum absolute atomic E-state index is 0.227. The molecule has 2 N–H and O–H groups in total. The molecule has 9 nitrogen and oxygen atoms in total. The summed E-state index contributed by atoms with van der Waals surface area (Å²) in [5, 5.41) is 12.8. The number of halogens is 1. The summed E-state index contributed by atoms with van der Waals surface area (Å²) in [6.45, 7) is 7.59. The first-order valence-electron chi connectivity index (χ1n) is 11.2. The summed E-state index contributed by atoms with van der Waals surface area (Å²) in [6.07, 6.45) is 2.77. The monoisotopic (exact) mass is 506 g/mol. The van der Waals surface area contributed by atoms with Crippen molar-refractivity contribution >= 4 is 46.1 Å². The van der Waals surface area contributed by atoms with Gasteiger partial charge in [-0.25, -0.2) is 14.6 Å². The Bertz CT molecular complexity index is 1090. The smallest absolute Gasteiger partial charge is 0.263 e. The molecule has 0 aliphatic rings. The lowest BCUT2D eigenvalue weighted by atomic mass is 10.1. The Morgan fingerprint density at radius 1 is 1.21 bits per heavy atom. The van der Waals surface area contributed by atoms with E-state index in [4.69, 9.17) is 26.1 Å². The number of aromatic nitrogens is 4. The van der Waals surface area contributed by atoms with Crippen molar-refractivity contribution in [1.29, 1.82) is 0 Å². The minimum Gasteiger partial charge on any atom is -0.478 e. The van der Waals surface area contributed by atoms with E-state index >= 15 is 0 Å². The molecule has 1 aromatic carbocycles. The highest BCUT2D eigenvalue weighted by molar-refractivity contribution is 7.99. The third kappa shape index (κ3) is 6.97. The van der Waals surface area contributed by atoms with Gasteiger partial charge in [0.1, 0.15) is 11.6 Å². The molecule has 0 saturated carbocycles. The molecule has 184 valence electrons. The lowest BCUT2D eigenvalue weighted by molar-refractivity contribution is -0.134. The first-order chi connectivity index (χ1) is 16.3. The van der Waals surface area contributed by atoms with Gasteiger partial charge in [-0.15, -0.1) is 0 Å². The molecule has 0 fully saturated rings. The van der Waals surface area contributed by atoms with Gasteiger partial charge in [-0.1, -0.05) is 30.3 Å². The molecule has 0 bridgehead atoms. The van der Waals surface area contributed by atoms with Gasteiger partial charge < -0.3 is 20.1 Å². The number of hydrogen-bond donors (Lipinski definition) is 2. The van der Waals surface area contributed by atoms with E-state index in [1.165, 1.54) is 0 Å². The maximum atomic E-state index is 12.8. The van der Waals surface area contributed by atoms with E-state index < -0.39 is 5.60 Å². The molecule has 3 aromatic rings. The second-order valence-corrected chi connectivity index (χ2v) is 9.55. The number of carbonyl (C=O) groups is 1. The van der Waals surface area contributed by atoms with Crippen LogP contribution in [0.15, 0.2) is 35.6 Å². The molecule has 0 aliphatic carbocycles. The van der Waals surface area contributed by atoms with E-state index in [1.54, 1.807) is 67.9 Å². The molecular weight excluding hydrogens is 476 g/mol. The number of nitrogens with one attached hydrogen (secondary N) is 2. The summed E-state index contributed by atoms with van der Waals surface area (Å²) in [7, 11) is 1.66. The molecule has 0 atom stereocenters. The molecular formula is C23H31ClN6O3S. The lowest BCUT2D eigenvalue weighted by Gasteiger charge is -2.25. The fourth-order valence-electron chi connectivity index (χ4n) is 3.09. The normalized spacial score (nSPS) is 11.6. The van der Waals surface area contributed by atoms with E-state index in [1.807, 2.05) is 0 Å². The standard InChI is InChI=1S/C23H31ClN6O3S/c1-5-14-34-22-28-19(25-11-13-32-4)18-15-27-30(20(18)29-22)12-10-26-21(31)23(2,3)33-17-8-6-16(24)7-9-17/h6-9,15H,5,10-14H2,1-4H3,(H,26,31)(H,25,28,29). The number of rotatable bonds is 13. The summed E-state index contributed by atoms with van der Waals surface area (Å²) in [6, 6.07) is 6.92. The molecule has 0 unspecified atom stereocenters. The average molecular weight is 507 g/mol. The summed E-state index contributed by atoms with van der Waals surface area (Å²) in [5.41, 5.74) is -0.329. The second kappa shape index (κ2) is 12.2. The Hall–Kier alpha value is -2.56. The number of thioether (sulfide) groups is 1. The minimum atomic E-state index is -1.05. The fourth-order valence-corrected chi connectivity index (χ4v) is 3.91. The third-order valence-corrected chi connectivity index (χ3v) is 6.16. The van der Waals surface area contributed by atoms with Crippen molar-refractivity contribution in [3.63, 3.8) is 0 Å². The van der Waals surface area contributed by atoms with Crippen LogP contribution < -0.4 is 15.4 Å². The van der Waals surface area contributed by atoms with Crippen LogP contribution in [0.4, 0.5) is 5.82 Å². The molecule has 0 saturated heterocycles. The number of anilines is 1. The highest BCUT2D eigenvalue weighted by atomic mass is 35.5. The van der Waals surface area contributed by atoms with Crippen molar-refractivity contribution in [3.8, 4) is 5.75 Å². The van der Waals surface area contributed by atoms with E-state index in [2.05, 4.69) is 27.6 Å². The van der Waals surface area contributed by atoms with E-state index in [-0.39, 0.29) is 5.91 Å². The molecule has 2 aromatic heterocycles. The van der Waals surface area contributed by atoms with Gasteiger partial charge in [0.05, 0.1) is 24.7 Å². The van der Waals surface area contributed by atoms with Crippen LogP contribution in [0.2, 0.25) is 5.02 Å². The quantitative estimate of drug-likeness (QED) is 0.203. The van der Waals surface area contributed by atoms with E-state index in [9.17, 15) is 4.79 Å². The zero-order chi connectivity index (χ0) is 24.6. The molecule has 1 amide bonds. The number of fused-ring (bicyclic) bond motifs is 1. The number of nitrogens with zero attached hydrogens (tertiary/aromatic N) is 4. The fraction of sp³-hybridized carbons (Fsp3) is 0.478. The largest absolute Gasteiger partial charge is 0.478 e. The number of carbonyl (C=O) groups excluding carboxylic acids is 1. The molecule has 0 spiro atoms. The number of benzene rings is 1. The number of hydrogen-bond acceptors (Lipinski definition) is 8. The number of amides is 1. The zero-order valence-electron chi connectivity index (χ0n) is 19.9. The van der Waals surface area contributed by atoms with Gasteiger partial charge in [-0.05, 0) is 44.5 Å². The topological polar surface area (TPSA) is 103 Å². The average Bonchev–Trinajstić information content (AvgIpc) is 3.22. The maximum absolute atomic E-state index is 12.8. The maximum Gasteiger partial charge on any atom is 0.263 e. The first kappa shape index (κ1) is 26.1. The summed E-state index contributed by atoms with van der Waals surface area (Å²) in [5.74, 6) is 2.00. The SMILES string of the molecule is CCCSc1nc(NCCOC)c2cnn(CCNC(=O)C(C)(C)Oc3ccc(Cl)cc3)c2n1. The van der Waals surface area contributed by atoms with Gasteiger partial charge in [-0.3, -0.25) is 4.79 Å². The van der Waals surface area contributed by atoms with Gasteiger partial charge in [0, 0.05) is 31.0 Å². The number of ether oxygens (including phenoxy) is 2. The van der Waals surface area contributed by atoms with Crippen molar-refractivity contribution in [2.75, 3.05) is 37.9 Å². The summed E-state index contributed by atoms with van der Waals surface area (Å²) >= 11 is 7.52. The number of methoxy groups -OCH3 is 1. The van der Waals surface area contributed by atoms with Crippen LogP contribution in [-0.2, 0) is 16.1 Å². The predicted molar refractivity (Wildman–Crippen MR) is 136 cm³/mol. The summed E-state index contributed by atoms with van der Waals surface area (Å²) in [4.78, 5) is 22.1. The van der Waals surface area contributed by atoms with Crippen LogP contribution in [0.1, 0.15) is 27.2 Å². The van der Waals surface area contributed by atoms with Crippen LogP contribution >= 0.6 is 23.4 Å². The molecule has 0 radical (unpaired) electrons. The van der Waals surface area contributed by atoms with Crippen molar-refractivity contribution in [1.82, 2.24) is 25.1 Å². The third-order valence-electron chi connectivity index (χ3n) is 4.85. The van der Waals surface area contributed by atoms with Crippen LogP contribution in [0.5, 0.6) is 5.75 Å². The summed E-state index contributed by atoms with van der Waals surface area (Å²) < 4.78 is 12.8. The Labute approximate surface area is 209 Å². The van der Waals surface area contributed by atoms with Gasteiger partial charge in [0.15, 0.2) is 16.4 Å². The van der Waals surface area contributed by atoms with Crippen molar-refractivity contribution in [3.05, 3.63) is 35.5 Å². The molecule has 0 aliphatic heterocycles. The van der Waals surface area contributed by atoms with Crippen LogP contribution in [0, 0.1) is 0 Å². The highest BCUT2D eigenvalue weighted by Gasteiger charge is 2.29. The zero-order valence-corrected chi connectivity index (χ0v) is 21.5. The van der Waals surface area contributed by atoms with E-state index in [0.29, 0.717) is 42.2 Å². The van der Waals surface area contributed by atoms with Gasteiger partial charge in [0.25, 0.3) is 5.91 Å². The Morgan fingerprint density at radius 2 is 1.97 bits per heavy atom. The first-order valence-corrected chi connectivity index (χ1v) is 12.5. The Kier molecular flexibility index (Phi) is 9.37. The molecule has 11 heteroatoms. The molecule has 2 heterocycles. The predicted octanol–water partition coefficient (Wildman–Crippen LogP) is 4.01. The molecule has 34 heavy (non-hydrogen) atoms. The molecule has 3 rings (SSSR count). The van der Waals surface area contributed by atoms with Gasteiger partial charge in [0.2, 0.25) is 0 Å². The second-order valence-electron chi connectivity index (χ2n) is 8.05. The lowest BCUT2D eigenvalue weighted by Crippen LogP contribution is -2.47. The Balaban J connectivity index is 1.67. The van der Waals surface area contributed by atoms with Crippen LogP contribution in [0.25, 0.3) is 11.0 Å². The highest BCUT2D eigenvalue weighted by Crippen LogP contribution is 2.25. The van der Waals surface area contributed by atoms with E-state index in [0.717, 1.165) is 29.0 Å². The Morgan fingerprint density at radius 3 is 2.68 bits per heavy atom. The van der Waals surface area contributed by atoms with Crippen LogP contribution in [-0.4, -0.2) is 63.8 Å².